The van der Waals surface area contributed by atoms with Gasteiger partial charge in [-0.15, -0.1) is 0 Å². The molecule has 136 valence electrons. The Morgan fingerprint density at radius 2 is 1.54 bits per heavy atom. The maximum Gasteiger partial charge on any atom is 0.416 e. The Morgan fingerprint density at radius 1 is 1.00 bits per heavy atom. The number of carbonyl (C=O) groups excluding carboxylic acids is 1. The van der Waals surface area contributed by atoms with Gasteiger partial charge in [0.15, 0.2) is 0 Å². The van der Waals surface area contributed by atoms with E-state index in [9.17, 15) is 38.2 Å². The van der Waals surface area contributed by atoms with Crippen LogP contribution in [0.4, 0.5) is 35.9 Å². The minimum Gasteiger partial charge on any atom is -0.282 e. The largest absolute Gasteiger partial charge is 0.416 e. The van der Waals surface area contributed by atoms with Gasteiger partial charge in [0.1, 0.15) is 0 Å². The number of alkyl halides is 3. The summed E-state index contributed by atoms with van der Waals surface area (Å²) in [5, 5.41) is 21.6. The number of hydrogen-bond donors (Lipinski definition) is 0. The number of nitro groups is 2. The van der Waals surface area contributed by atoms with E-state index in [1.54, 1.807) is 0 Å². The molecule has 2 rings (SSSR count). The van der Waals surface area contributed by atoms with Crippen LogP contribution in [0.2, 0.25) is 5.02 Å². The van der Waals surface area contributed by atoms with Crippen LogP contribution in [0.1, 0.15) is 5.56 Å². The van der Waals surface area contributed by atoms with Crippen molar-refractivity contribution in [3.05, 3.63) is 67.2 Å². The Balaban J connectivity index is 2.68. The molecule has 26 heavy (non-hydrogen) atoms. The molecule has 2 aromatic rings. The highest BCUT2D eigenvalue weighted by molar-refractivity contribution is 6.33. The molecule has 0 aliphatic rings. The number of nitrogens with zero attached hydrogens (tertiary/aromatic N) is 3. The molecule has 12 heteroatoms. The highest BCUT2D eigenvalue weighted by Crippen LogP contribution is 2.39. The van der Waals surface area contributed by atoms with Gasteiger partial charge in [-0.2, -0.15) is 13.2 Å². The molecule has 0 heterocycles. The molecular weight excluding hydrogens is 383 g/mol. The van der Waals surface area contributed by atoms with E-state index in [1.165, 1.54) is 0 Å². The monoisotopic (exact) mass is 389 g/mol. The van der Waals surface area contributed by atoms with Gasteiger partial charge in [-0.1, -0.05) is 11.6 Å². The molecule has 0 saturated carbocycles. The lowest BCUT2D eigenvalue weighted by Gasteiger charge is -2.20. The molecule has 1 amide bonds. The summed E-state index contributed by atoms with van der Waals surface area (Å²) in [5.41, 5.74) is -3.38. The van der Waals surface area contributed by atoms with Crippen molar-refractivity contribution in [3.63, 3.8) is 0 Å². The number of nitro benzene ring substituents is 2. The first-order valence-electron chi connectivity index (χ1n) is 6.59. The summed E-state index contributed by atoms with van der Waals surface area (Å²) in [4.78, 5) is 32.0. The van der Waals surface area contributed by atoms with Crippen molar-refractivity contribution in [1.29, 1.82) is 0 Å². The van der Waals surface area contributed by atoms with E-state index in [-0.39, 0.29) is 17.1 Å². The Hall–Kier alpha value is -3.21. The van der Waals surface area contributed by atoms with Crippen LogP contribution in [0.5, 0.6) is 0 Å². The lowest BCUT2D eigenvalue weighted by atomic mass is 10.1. The minimum absolute atomic E-state index is 0.0458. The summed E-state index contributed by atoms with van der Waals surface area (Å²) in [6, 6.07) is 4.39. The molecule has 0 N–H and O–H groups in total. The third-order valence-corrected chi connectivity index (χ3v) is 3.55. The first-order valence-corrected chi connectivity index (χ1v) is 6.97. The van der Waals surface area contributed by atoms with E-state index in [4.69, 9.17) is 11.6 Å². The molecule has 0 aliphatic carbocycles. The van der Waals surface area contributed by atoms with Crippen LogP contribution < -0.4 is 4.90 Å². The van der Waals surface area contributed by atoms with Crippen molar-refractivity contribution >= 4 is 40.8 Å². The van der Waals surface area contributed by atoms with Crippen molar-refractivity contribution in [2.75, 3.05) is 4.90 Å². The Bertz CT molecular complexity index is 872. The molecule has 0 bridgehead atoms. The average molecular weight is 390 g/mol. The number of benzene rings is 2. The maximum atomic E-state index is 12.9. The van der Waals surface area contributed by atoms with Crippen LogP contribution in [0.25, 0.3) is 0 Å². The van der Waals surface area contributed by atoms with Crippen molar-refractivity contribution in [1.82, 2.24) is 0 Å². The fraction of sp³-hybridized carbons (Fsp3) is 0.0714. The van der Waals surface area contributed by atoms with E-state index in [1.807, 2.05) is 0 Å². The molecule has 0 unspecified atom stereocenters. The van der Waals surface area contributed by atoms with Gasteiger partial charge < -0.3 is 0 Å². The second kappa shape index (κ2) is 6.96. The zero-order valence-electron chi connectivity index (χ0n) is 12.4. The van der Waals surface area contributed by atoms with Gasteiger partial charge in [0.2, 0.25) is 6.41 Å². The molecule has 0 fully saturated rings. The predicted molar refractivity (Wildman–Crippen MR) is 84.4 cm³/mol. The highest BCUT2D eigenvalue weighted by atomic mass is 35.5. The molecule has 0 saturated heterocycles. The number of amides is 1. The molecule has 0 spiro atoms. The molecule has 0 atom stereocenters. The van der Waals surface area contributed by atoms with Crippen molar-refractivity contribution in [3.8, 4) is 0 Å². The van der Waals surface area contributed by atoms with Crippen molar-refractivity contribution in [2.45, 2.75) is 6.18 Å². The predicted octanol–water partition coefficient (Wildman–Crippen LogP) is 4.47. The van der Waals surface area contributed by atoms with Gasteiger partial charge in [0.25, 0.3) is 11.4 Å². The second-order valence-electron chi connectivity index (χ2n) is 4.86. The van der Waals surface area contributed by atoms with Crippen LogP contribution in [-0.4, -0.2) is 16.3 Å². The van der Waals surface area contributed by atoms with E-state index in [0.717, 1.165) is 18.2 Å². The minimum atomic E-state index is -4.73. The van der Waals surface area contributed by atoms with Gasteiger partial charge in [0, 0.05) is 12.1 Å². The lowest BCUT2D eigenvalue weighted by molar-refractivity contribution is -0.394. The number of rotatable bonds is 5. The third kappa shape index (κ3) is 3.88. The Morgan fingerprint density at radius 3 is 1.96 bits per heavy atom. The van der Waals surface area contributed by atoms with Crippen LogP contribution in [-0.2, 0) is 11.0 Å². The number of halogens is 4. The van der Waals surface area contributed by atoms with Gasteiger partial charge in [-0.25, -0.2) is 0 Å². The number of anilines is 2. The number of carbonyl (C=O) groups is 1. The van der Waals surface area contributed by atoms with Gasteiger partial charge >= 0.3 is 6.18 Å². The van der Waals surface area contributed by atoms with Gasteiger partial charge in [-0.3, -0.25) is 29.9 Å². The molecular formula is C14H7ClF3N3O5. The van der Waals surface area contributed by atoms with Gasteiger partial charge in [-0.05, 0) is 18.2 Å². The van der Waals surface area contributed by atoms with Crippen LogP contribution in [0.15, 0.2) is 36.4 Å². The normalized spacial score (nSPS) is 11.1. The van der Waals surface area contributed by atoms with Crippen LogP contribution in [0, 0.1) is 20.2 Å². The topological polar surface area (TPSA) is 107 Å². The molecule has 0 radical (unpaired) electrons. The molecule has 0 aromatic heterocycles. The fourth-order valence-electron chi connectivity index (χ4n) is 2.06. The Kier molecular flexibility index (Phi) is 5.12. The van der Waals surface area contributed by atoms with Gasteiger partial charge in [0.05, 0.1) is 37.9 Å². The van der Waals surface area contributed by atoms with Crippen LogP contribution in [0.3, 0.4) is 0 Å². The smallest absolute Gasteiger partial charge is 0.282 e. The molecule has 8 nitrogen and oxygen atoms in total. The standard InChI is InChI=1S/C14H7ClF3N3O5/c15-12-2-1-8(14(16,17)18)3-13(12)19(7-22)9-4-10(20(23)24)6-11(5-9)21(25)26/h1-7H. The molecule has 0 aliphatic heterocycles. The lowest BCUT2D eigenvalue weighted by Crippen LogP contribution is -2.16. The number of hydrogen-bond acceptors (Lipinski definition) is 5. The van der Waals surface area contributed by atoms with E-state index in [2.05, 4.69) is 0 Å². The summed E-state index contributed by atoms with van der Waals surface area (Å²) in [5.74, 6) is 0. The quantitative estimate of drug-likeness (QED) is 0.426. The van der Waals surface area contributed by atoms with E-state index < -0.39 is 38.6 Å². The summed E-state index contributed by atoms with van der Waals surface area (Å²) in [6.45, 7) is 0. The van der Waals surface area contributed by atoms with Crippen molar-refractivity contribution < 1.29 is 27.8 Å². The summed E-state index contributed by atoms with van der Waals surface area (Å²) in [7, 11) is 0. The molecule has 2 aromatic carbocycles. The van der Waals surface area contributed by atoms with Crippen LogP contribution >= 0.6 is 11.6 Å². The van der Waals surface area contributed by atoms with Crippen molar-refractivity contribution in [2.24, 2.45) is 0 Å². The fourth-order valence-corrected chi connectivity index (χ4v) is 2.27. The summed E-state index contributed by atoms with van der Waals surface area (Å²) < 4.78 is 38.6. The Labute approximate surface area is 147 Å². The third-order valence-electron chi connectivity index (χ3n) is 3.23. The second-order valence-corrected chi connectivity index (χ2v) is 5.27. The summed E-state index contributed by atoms with van der Waals surface area (Å²) >= 11 is 5.84. The number of non-ortho nitro benzene ring substituents is 2. The zero-order chi connectivity index (χ0) is 19.6. The van der Waals surface area contributed by atoms with E-state index in [0.29, 0.717) is 23.1 Å². The zero-order valence-corrected chi connectivity index (χ0v) is 13.2. The SMILES string of the molecule is O=CN(c1cc([N+](=O)[O-])cc([N+](=O)[O-])c1)c1cc(C(F)(F)F)ccc1Cl. The maximum absolute atomic E-state index is 12.9. The summed E-state index contributed by atoms with van der Waals surface area (Å²) in [6.07, 6.45) is -4.69. The highest BCUT2D eigenvalue weighted by Gasteiger charge is 2.32. The average Bonchev–Trinajstić information content (AvgIpc) is 2.55. The first-order chi connectivity index (χ1) is 12.0. The van der Waals surface area contributed by atoms with E-state index >= 15 is 0 Å². The first kappa shape index (κ1) is 19.1.